The van der Waals surface area contributed by atoms with Gasteiger partial charge in [0.2, 0.25) is 0 Å². The van der Waals surface area contributed by atoms with Gasteiger partial charge in [-0.05, 0) is 49.6 Å². The van der Waals surface area contributed by atoms with Crippen LogP contribution >= 0.6 is 12.4 Å². The summed E-state index contributed by atoms with van der Waals surface area (Å²) in [7, 11) is 0. The van der Waals surface area contributed by atoms with Crippen molar-refractivity contribution in [3.63, 3.8) is 0 Å². The molecule has 2 aromatic rings. The summed E-state index contributed by atoms with van der Waals surface area (Å²) >= 11 is 0. The normalized spacial score (nSPS) is 22.2. The Morgan fingerprint density at radius 3 is 2.62 bits per heavy atom. The zero-order chi connectivity index (χ0) is 13.9. The molecular weight excluding hydrogens is 284 g/mol. The molecule has 2 unspecified atom stereocenters. The molecule has 0 amide bonds. The summed E-state index contributed by atoms with van der Waals surface area (Å²) < 4.78 is 1.88. The maximum Gasteiger partial charge on any atom is 0.0645 e. The highest BCUT2D eigenvalue weighted by Crippen LogP contribution is 2.24. The van der Waals surface area contributed by atoms with Crippen LogP contribution in [0.1, 0.15) is 18.9 Å². The van der Waals surface area contributed by atoms with Gasteiger partial charge in [-0.3, -0.25) is 4.90 Å². The monoisotopic (exact) mass is 306 g/mol. The van der Waals surface area contributed by atoms with Crippen molar-refractivity contribution in [1.29, 1.82) is 0 Å². The second kappa shape index (κ2) is 7.07. The maximum atomic E-state index is 5.79. The summed E-state index contributed by atoms with van der Waals surface area (Å²) in [6, 6.07) is 11.2. The first-order valence-corrected chi connectivity index (χ1v) is 7.29. The number of nitrogens with zero attached hydrogens (tertiary/aromatic N) is 3. The van der Waals surface area contributed by atoms with E-state index >= 15 is 0 Å². The van der Waals surface area contributed by atoms with E-state index in [4.69, 9.17) is 5.73 Å². The standard InChI is InChI=1S/C16H22N4.ClH/c1-13-9-15(10-17)12-19(13)11-14-3-5-16(6-4-14)20-8-2-7-18-20;/h2-8,13,15H,9-12,17H2,1H3;1H. The third-order valence-electron chi connectivity index (χ3n) is 4.21. The predicted molar refractivity (Wildman–Crippen MR) is 87.8 cm³/mol. The van der Waals surface area contributed by atoms with Crippen molar-refractivity contribution in [2.75, 3.05) is 13.1 Å². The van der Waals surface area contributed by atoms with Gasteiger partial charge in [0.1, 0.15) is 0 Å². The Hall–Kier alpha value is -1.36. The highest BCUT2D eigenvalue weighted by atomic mass is 35.5. The Morgan fingerprint density at radius 2 is 2.05 bits per heavy atom. The van der Waals surface area contributed by atoms with E-state index in [1.54, 1.807) is 6.20 Å². The first-order chi connectivity index (χ1) is 9.76. The van der Waals surface area contributed by atoms with Crippen LogP contribution < -0.4 is 5.73 Å². The van der Waals surface area contributed by atoms with Crippen LogP contribution in [0.3, 0.4) is 0 Å². The van der Waals surface area contributed by atoms with E-state index in [2.05, 4.69) is 41.2 Å². The summed E-state index contributed by atoms with van der Waals surface area (Å²) in [6.45, 7) is 5.24. The van der Waals surface area contributed by atoms with Crippen molar-refractivity contribution in [1.82, 2.24) is 14.7 Å². The number of halogens is 1. The molecule has 1 aliphatic rings. The Morgan fingerprint density at radius 1 is 1.29 bits per heavy atom. The van der Waals surface area contributed by atoms with Gasteiger partial charge >= 0.3 is 0 Å². The van der Waals surface area contributed by atoms with Crippen molar-refractivity contribution < 1.29 is 0 Å². The Balaban J connectivity index is 0.00000161. The van der Waals surface area contributed by atoms with Gasteiger partial charge in [-0.25, -0.2) is 4.68 Å². The van der Waals surface area contributed by atoms with Gasteiger partial charge in [-0.15, -0.1) is 12.4 Å². The van der Waals surface area contributed by atoms with Crippen LogP contribution in [0.5, 0.6) is 0 Å². The maximum absolute atomic E-state index is 5.79. The van der Waals surface area contributed by atoms with Crippen LogP contribution in [0, 0.1) is 5.92 Å². The molecule has 1 saturated heterocycles. The quantitative estimate of drug-likeness (QED) is 0.944. The molecule has 1 aromatic carbocycles. The second-order valence-electron chi connectivity index (χ2n) is 5.73. The van der Waals surface area contributed by atoms with Gasteiger partial charge in [-0.2, -0.15) is 5.10 Å². The molecule has 5 heteroatoms. The van der Waals surface area contributed by atoms with Gasteiger partial charge in [0.15, 0.2) is 0 Å². The topological polar surface area (TPSA) is 47.1 Å². The van der Waals surface area contributed by atoms with Gasteiger partial charge in [-0.1, -0.05) is 12.1 Å². The molecule has 1 aliphatic heterocycles. The van der Waals surface area contributed by atoms with Gasteiger partial charge in [0.25, 0.3) is 0 Å². The highest BCUT2D eigenvalue weighted by molar-refractivity contribution is 5.85. The van der Waals surface area contributed by atoms with Crippen LogP contribution in [0.2, 0.25) is 0 Å². The van der Waals surface area contributed by atoms with E-state index in [0.29, 0.717) is 12.0 Å². The average Bonchev–Trinajstić information content (AvgIpc) is 3.10. The van der Waals surface area contributed by atoms with Gasteiger partial charge in [0.05, 0.1) is 5.69 Å². The van der Waals surface area contributed by atoms with E-state index < -0.39 is 0 Å². The van der Waals surface area contributed by atoms with E-state index in [1.165, 1.54) is 12.0 Å². The van der Waals surface area contributed by atoms with Crippen LogP contribution in [0.4, 0.5) is 0 Å². The highest BCUT2D eigenvalue weighted by Gasteiger charge is 2.27. The molecule has 2 heterocycles. The predicted octanol–water partition coefficient (Wildman–Crippen LogP) is 2.46. The van der Waals surface area contributed by atoms with Gasteiger partial charge < -0.3 is 5.73 Å². The number of likely N-dealkylation sites (tertiary alicyclic amines) is 1. The molecule has 2 N–H and O–H groups in total. The Bertz CT molecular complexity index is 538. The first kappa shape index (κ1) is 16.0. The Labute approximate surface area is 132 Å². The van der Waals surface area contributed by atoms with Crippen LogP contribution in [-0.4, -0.2) is 33.8 Å². The number of hydrogen-bond acceptors (Lipinski definition) is 3. The summed E-state index contributed by atoms with van der Waals surface area (Å²) in [5.41, 5.74) is 8.25. The second-order valence-corrected chi connectivity index (χ2v) is 5.73. The van der Waals surface area contributed by atoms with E-state index in [1.807, 2.05) is 16.9 Å². The fourth-order valence-electron chi connectivity index (χ4n) is 3.02. The first-order valence-electron chi connectivity index (χ1n) is 7.29. The van der Waals surface area contributed by atoms with Crippen molar-refractivity contribution in [2.24, 2.45) is 11.7 Å². The molecule has 3 rings (SSSR count). The molecule has 0 bridgehead atoms. The van der Waals surface area contributed by atoms with Crippen LogP contribution in [0.15, 0.2) is 42.7 Å². The molecule has 2 atom stereocenters. The van der Waals surface area contributed by atoms with Crippen LogP contribution in [0.25, 0.3) is 5.69 Å². The summed E-state index contributed by atoms with van der Waals surface area (Å²) in [5, 5.41) is 4.24. The summed E-state index contributed by atoms with van der Waals surface area (Å²) in [5.74, 6) is 0.661. The largest absolute Gasteiger partial charge is 0.330 e. The minimum absolute atomic E-state index is 0. The summed E-state index contributed by atoms with van der Waals surface area (Å²) in [4.78, 5) is 2.53. The zero-order valence-electron chi connectivity index (χ0n) is 12.4. The molecule has 1 fully saturated rings. The number of nitrogens with two attached hydrogens (primary N) is 1. The fraction of sp³-hybridized carbons (Fsp3) is 0.438. The SMILES string of the molecule is CC1CC(CN)CN1Cc1ccc(-n2cccn2)cc1.Cl. The van der Waals surface area contributed by atoms with Crippen molar-refractivity contribution in [3.05, 3.63) is 48.3 Å². The smallest absolute Gasteiger partial charge is 0.0645 e. The minimum Gasteiger partial charge on any atom is -0.330 e. The van der Waals surface area contributed by atoms with E-state index in [-0.39, 0.29) is 12.4 Å². The molecular formula is C16H23ClN4. The van der Waals surface area contributed by atoms with Crippen molar-refractivity contribution >= 4 is 12.4 Å². The van der Waals surface area contributed by atoms with E-state index in [9.17, 15) is 0 Å². The third-order valence-corrected chi connectivity index (χ3v) is 4.21. The van der Waals surface area contributed by atoms with Gasteiger partial charge in [0, 0.05) is 31.5 Å². The fourth-order valence-corrected chi connectivity index (χ4v) is 3.02. The number of aromatic nitrogens is 2. The zero-order valence-corrected chi connectivity index (χ0v) is 13.2. The molecule has 114 valence electrons. The number of rotatable bonds is 4. The van der Waals surface area contributed by atoms with Crippen molar-refractivity contribution in [3.8, 4) is 5.69 Å². The lowest BCUT2D eigenvalue weighted by molar-refractivity contribution is 0.256. The lowest BCUT2D eigenvalue weighted by atomic mass is 10.1. The Kier molecular flexibility index (Phi) is 5.39. The summed E-state index contributed by atoms with van der Waals surface area (Å²) in [6.07, 6.45) is 4.98. The van der Waals surface area contributed by atoms with Crippen molar-refractivity contribution in [2.45, 2.75) is 25.9 Å². The third kappa shape index (κ3) is 3.64. The average molecular weight is 307 g/mol. The van der Waals surface area contributed by atoms with Crippen LogP contribution in [-0.2, 0) is 6.54 Å². The minimum atomic E-state index is 0. The molecule has 0 aliphatic carbocycles. The molecule has 21 heavy (non-hydrogen) atoms. The molecule has 0 saturated carbocycles. The lowest BCUT2D eigenvalue weighted by Gasteiger charge is -2.21. The molecule has 0 radical (unpaired) electrons. The number of benzene rings is 1. The number of hydrogen-bond donors (Lipinski definition) is 1. The lowest BCUT2D eigenvalue weighted by Crippen LogP contribution is -2.27. The molecule has 1 aromatic heterocycles. The molecule has 4 nitrogen and oxygen atoms in total. The molecule has 0 spiro atoms. The van der Waals surface area contributed by atoms with E-state index in [0.717, 1.165) is 25.3 Å².